The number of para-hydroxylation sites is 1. The first-order chi connectivity index (χ1) is 11.6. The van der Waals surface area contributed by atoms with Crippen molar-refractivity contribution in [2.24, 2.45) is 0 Å². The van der Waals surface area contributed by atoms with E-state index in [1.54, 1.807) is 13.0 Å². The normalized spacial score (nSPS) is 10.3. The highest BCUT2D eigenvalue weighted by atomic mass is 79.9. The third kappa shape index (κ3) is 5.53. The van der Waals surface area contributed by atoms with Crippen molar-refractivity contribution >= 4 is 27.5 Å². The van der Waals surface area contributed by atoms with Gasteiger partial charge in [-0.15, -0.1) is 0 Å². The zero-order chi connectivity index (χ0) is 17.4. The standard InChI is InChI=1S/C18H19BrFNO3/c1-2-23-17-10-9-13(12-15(17)20)21-18(22)8-5-11-24-16-7-4-3-6-14(16)19/h3-4,6-7,9-10,12H,2,5,8,11H2,1H3,(H,21,22). The number of halogens is 2. The molecule has 0 radical (unpaired) electrons. The highest BCUT2D eigenvalue weighted by Crippen LogP contribution is 2.24. The third-order valence-electron chi connectivity index (χ3n) is 3.16. The van der Waals surface area contributed by atoms with Gasteiger partial charge >= 0.3 is 0 Å². The van der Waals surface area contributed by atoms with Crippen LogP contribution in [0, 0.1) is 5.82 Å². The second-order valence-corrected chi connectivity index (χ2v) is 5.86. The van der Waals surface area contributed by atoms with Crippen LogP contribution in [-0.4, -0.2) is 19.1 Å². The van der Waals surface area contributed by atoms with Crippen LogP contribution >= 0.6 is 15.9 Å². The SMILES string of the molecule is CCOc1ccc(NC(=O)CCCOc2ccccc2Br)cc1F. The second-order valence-electron chi connectivity index (χ2n) is 5.01. The molecule has 0 aromatic heterocycles. The monoisotopic (exact) mass is 395 g/mol. The number of nitrogens with one attached hydrogen (secondary N) is 1. The molecular formula is C18H19BrFNO3. The molecule has 0 heterocycles. The van der Waals surface area contributed by atoms with E-state index in [-0.39, 0.29) is 11.7 Å². The van der Waals surface area contributed by atoms with Gasteiger partial charge in [-0.1, -0.05) is 12.1 Å². The van der Waals surface area contributed by atoms with Crippen molar-refractivity contribution in [1.29, 1.82) is 0 Å². The Kier molecular flexibility index (Phi) is 7.06. The van der Waals surface area contributed by atoms with E-state index in [9.17, 15) is 9.18 Å². The van der Waals surface area contributed by atoms with Gasteiger partial charge in [-0.3, -0.25) is 4.79 Å². The Labute approximate surface area is 149 Å². The molecule has 0 aliphatic carbocycles. The summed E-state index contributed by atoms with van der Waals surface area (Å²) in [6.45, 7) is 2.60. The van der Waals surface area contributed by atoms with E-state index < -0.39 is 5.82 Å². The number of hydrogen-bond donors (Lipinski definition) is 1. The van der Waals surface area contributed by atoms with E-state index in [0.29, 0.717) is 31.7 Å². The van der Waals surface area contributed by atoms with E-state index in [1.165, 1.54) is 12.1 Å². The molecule has 2 rings (SSSR count). The molecule has 1 amide bonds. The van der Waals surface area contributed by atoms with Gasteiger partial charge in [0, 0.05) is 18.2 Å². The Morgan fingerprint density at radius 3 is 2.67 bits per heavy atom. The fourth-order valence-electron chi connectivity index (χ4n) is 2.05. The van der Waals surface area contributed by atoms with Gasteiger partial charge < -0.3 is 14.8 Å². The maximum atomic E-state index is 13.7. The van der Waals surface area contributed by atoms with Crippen LogP contribution in [0.25, 0.3) is 0 Å². The fraction of sp³-hybridized carbons (Fsp3) is 0.278. The molecule has 128 valence electrons. The summed E-state index contributed by atoms with van der Waals surface area (Å²) in [5.41, 5.74) is 0.410. The lowest BCUT2D eigenvalue weighted by molar-refractivity contribution is -0.116. The van der Waals surface area contributed by atoms with E-state index >= 15 is 0 Å². The molecule has 0 saturated heterocycles. The lowest BCUT2D eigenvalue weighted by Crippen LogP contribution is -2.13. The van der Waals surface area contributed by atoms with E-state index in [0.717, 1.165) is 10.2 Å². The summed E-state index contributed by atoms with van der Waals surface area (Å²) < 4.78 is 25.3. The minimum atomic E-state index is -0.494. The summed E-state index contributed by atoms with van der Waals surface area (Å²) in [5.74, 6) is 0.241. The van der Waals surface area contributed by atoms with Crippen LogP contribution in [0.15, 0.2) is 46.9 Å². The number of anilines is 1. The Morgan fingerprint density at radius 2 is 1.96 bits per heavy atom. The van der Waals surface area contributed by atoms with E-state index in [1.807, 2.05) is 24.3 Å². The second kappa shape index (κ2) is 9.27. The summed E-state index contributed by atoms with van der Waals surface area (Å²) >= 11 is 3.40. The molecule has 2 aromatic rings. The van der Waals surface area contributed by atoms with Gasteiger partial charge in [0.05, 0.1) is 17.7 Å². The van der Waals surface area contributed by atoms with Crippen LogP contribution in [0.5, 0.6) is 11.5 Å². The molecule has 2 aromatic carbocycles. The largest absolute Gasteiger partial charge is 0.492 e. The Morgan fingerprint density at radius 1 is 1.17 bits per heavy atom. The number of benzene rings is 2. The average molecular weight is 396 g/mol. The zero-order valence-electron chi connectivity index (χ0n) is 13.4. The molecule has 4 nitrogen and oxygen atoms in total. The van der Waals surface area contributed by atoms with Gasteiger partial charge in [0.1, 0.15) is 5.75 Å². The molecular weight excluding hydrogens is 377 g/mol. The quantitative estimate of drug-likeness (QED) is 0.653. The number of hydrogen-bond acceptors (Lipinski definition) is 3. The summed E-state index contributed by atoms with van der Waals surface area (Å²) in [7, 11) is 0. The molecule has 1 N–H and O–H groups in total. The highest BCUT2D eigenvalue weighted by Gasteiger charge is 2.07. The molecule has 0 saturated carbocycles. The van der Waals surface area contributed by atoms with Crippen molar-refractivity contribution in [2.75, 3.05) is 18.5 Å². The smallest absolute Gasteiger partial charge is 0.224 e. The van der Waals surface area contributed by atoms with Crippen molar-refractivity contribution in [2.45, 2.75) is 19.8 Å². The van der Waals surface area contributed by atoms with Crippen LogP contribution in [0.4, 0.5) is 10.1 Å². The lowest BCUT2D eigenvalue weighted by Gasteiger charge is -2.09. The molecule has 0 aliphatic heterocycles. The summed E-state index contributed by atoms with van der Waals surface area (Å²) in [6.07, 6.45) is 0.853. The van der Waals surface area contributed by atoms with Crippen molar-refractivity contribution < 1.29 is 18.7 Å². The average Bonchev–Trinajstić information content (AvgIpc) is 2.56. The summed E-state index contributed by atoms with van der Waals surface area (Å²) in [4.78, 5) is 11.9. The molecule has 0 spiro atoms. The van der Waals surface area contributed by atoms with Gasteiger partial charge in [0.2, 0.25) is 5.91 Å². The van der Waals surface area contributed by atoms with Crippen molar-refractivity contribution in [3.05, 3.63) is 52.8 Å². The van der Waals surface area contributed by atoms with Crippen LogP contribution in [-0.2, 0) is 4.79 Å². The maximum absolute atomic E-state index is 13.7. The molecule has 0 unspecified atom stereocenters. The first-order valence-electron chi connectivity index (χ1n) is 7.69. The molecule has 24 heavy (non-hydrogen) atoms. The molecule has 6 heteroatoms. The highest BCUT2D eigenvalue weighted by molar-refractivity contribution is 9.10. The third-order valence-corrected chi connectivity index (χ3v) is 3.81. The van der Waals surface area contributed by atoms with Gasteiger partial charge in [0.25, 0.3) is 0 Å². The summed E-state index contributed by atoms with van der Waals surface area (Å²) in [6, 6.07) is 11.9. The Bertz CT molecular complexity index is 694. The zero-order valence-corrected chi connectivity index (χ0v) is 14.9. The van der Waals surface area contributed by atoms with Crippen LogP contribution in [0.2, 0.25) is 0 Å². The minimum Gasteiger partial charge on any atom is -0.492 e. The Balaban J connectivity index is 1.75. The van der Waals surface area contributed by atoms with Gasteiger partial charge in [-0.05, 0) is 53.5 Å². The lowest BCUT2D eigenvalue weighted by atomic mass is 10.2. The topological polar surface area (TPSA) is 47.6 Å². The number of rotatable bonds is 8. The maximum Gasteiger partial charge on any atom is 0.224 e. The van der Waals surface area contributed by atoms with Crippen molar-refractivity contribution in [1.82, 2.24) is 0 Å². The molecule has 0 atom stereocenters. The number of carbonyl (C=O) groups is 1. The fourth-order valence-corrected chi connectivity index (χ4v) is 2.45. The first-order valence-corrected chi connectivity index (χ1v) is 8.49. The minimum absolute atomic E-state index is 0.178. The van der Waals surface area contributed by atoms with Crippen LogP contribution < -0.4 is 14.8 Å². The van der Waals surface area contributed by atoms with E-state index in [2.05, 4.69) is 21.2 Å². The molecule has 0 fully saturated rings. The van der Waals surface area contributed by atoms with E-state index in [4.69, 9.17) is 9.47 Å². The summed E-state index contributed by atoms with van der Waals surface area (Å²) in [5, 5.41) is 2.66. The first kappa shape index (κ1) is 18.3. The van der Waals surface area contributed by atoms with Crippen LogP contribution in [0.3, 0.4) is 0 Å². The number of amides is 1. The predicted octanol–water partition coefficient (Wildman–Crippen LogP) is 4.78. The van der Waals surface area contributed by atoms with Gasteiger partial charge in [-0.2, -0.15) is 0 Å². The predicted molar refractivity (Wildman–Crippen MR) is 95.1 cm³/mol. The molecule has 0 aliphatic rings. The molecule has 0 bridgehead atoms. The number of carbonyl (C=O) groups excluding carboxylic acids is 1. The van der Waals surface area contributed by atoms with Gasteiger partial charge in [0.15, 0.2) is 11.6 Å². The number of ether oxygens (including phenoxy) is 2. The Hall–Kier alpha value is -2.08. The van der Waals surface area contributed by atoms with Crippen molar-refractivity contribution in [3.8, 4) is 11.5 Å². The van der Waals surface area contributed by atoms with Crippen molar-refractivity contribution in [3.63, 3.8) is 0 Å². The van der Waals surface area contributed by atoms with Gasteiger partial charge in [-0.25, -0.2) is 4.39 Å². The van der Waals surface area contributed by atoms with Crippen LogP contribution in [0.1, 0.15) is 19.8 Å².